The first-order valence-electron chi connectivity index (χ1n) is 5.23. The maximum absolute atomic E-state index is 11.2. The zero-order valence-electron chi connectivity index (χ0n) is 9.84. The maximum atomic E-state index is 11.2. The van der Waals surface area contributed by atoms with Crippen LogP contribution in [0.2, 0.25) is 0 Å². The van der Waals surface area contributed by atoms with Crippen molar-refractivity contribution in [3.8, 4) is 0 Å². The van der Waals surface area contributed by atoms with Crippen LogP contribution >= 0.6 is 0 Å². The van der Waals surface area contributed by atoms with E-state index in [1.807, 2.05) is 13.0 Å². The molecule has 4 heteroatoms. The van der Waals surface area contributed by atoms with Crippen LogP contribution in [0.3, 0.4) is 0 Å². The topological polar surface area (TPSA) is 47.6 Å². The largest absolute Gasteiger partial charge is 0.466 e. The number of carbonyl (C=O) groups is 1. The molecule has 0 aromatic heterocycles. The molecule has 1 N–H and O–H groups in total. The molecule has 0 aromatic carbocycles. The molecule has 0 saturated carbocycles. The smallest absolute Gasteiger partial charge is 0.333 e. The molecule has 15 heavy (non-hydrogen) atoms. The fraction of sp³-hybridized carbons (Fsp3) is 0.727. The second-order valence-electron chi connectivity index (χ2n) is 3.12. The van der Waals surface area contributed by atoms with Crippen molar-refractivity contribution in [3.05, 3.63) is 11.6 Å². The summed E-state index contributed by atoms with van der Waals surface area (Å²) in [4.78, 5) is 11.2. The third-order valence-corrected chi connectivity index (χ3v) is 2.02. The van der Waals surface area contributed by atoms with Gasteiger partial charge in [-0.3, -0.25) is 0 Å². The zero-order chi connectivity index (χ0) is 11.5. The van der Waals surface area contributed by atoms with Crippen LogP contribution in [-0.2, 0) is 14.3 Å². The van der Waals surface area contributed by atoms with Gasteiger partial charge in [0, 0.05) is 25.8 Å². The van der Waals surface area contributed by atoms with E-state index in [0.717, 1.165) is 25.1 Å². The summed E-state index contributed by atoms with van der Waals surface area (Å²) >= 11 is 0. The first-order valence-corrected chi connectivity index (χ1v) is 5.23. The van der Waals surface area contributed by atoms with E-state index >= 15 is 0 Å². The Morgan fingerprint density at radius 3 is 2.67 bits per heavy atom. The molecule has 0 aliphatic rings. The highest BCUT2D eigenvalue weighted by molar-refractivity contribution is 5.88. The van der Waals surface area contributed by atoms with Crippen molar-refractivity contribution in [1.82, 2.24) is 5.32 Å². The predicted molar refractivity (Wildman–Crippen MR) is 59.8 cm³/mol. The summed E-state index contributed by atoms with van der Waals surface area (Å²) in [5, 5.41) is 3.20. The summed E-state index contributed by atoms with van der Waals surface area (Å²) in [6.07, 6.45) is 3.55. The van der Waals surface area contributed by atoms with Crippen LogP contribution in [0.1, 0.15) is 19.8 Å². The highest BCUT2D eigenvalue weighted by Gasteiger charge is 2.05. The van der Waals surface area contributed by atoms with Crippen LogP contribution in [0.4, 0.5) is 0 Å². The lowest BCUT2D eigenvalue weighted by Gasteiger charge is -2.03. The highest BCUT2D eigenvalue weighted by atomic mass is 16.5. The van der Waals surface area contributed by atoms with Crippen LogP contribution in [-0.4, -0.2) is 39.9 Å². The molecule has 0 heterocycles. The Kier molecular flexibility index (Phi) is 9.11. The van der Waals surface area contributed by atoms with E-state index in [0.29, 0.717) is 13.0 Å². The Morgan fingerprint density at radius 1 is 1.40 bits per heavy atom. The lowest BCUT2D eigenvalue weighted by Crippen LogP contribution is -2.17. The minimum atomic E-state index is -0.240. The third-order valence-electron chi connectivity index (χ3n) is 2.02. The van der Waals surface area contributed by atoms with E-state index < -0.39 is 0 Å². The molecule has 0 spiro atoms. The fourth-order valence-electron chi connectivity index (χ4n) is 1.14. The summed E-state index contributed by atoms with van der Waals surface area (Å²) in [6, 6.07) is 0. The second-order valence-corrected chi connectivity index (χ2v) is 3.12. The van der Waals surface area contributed by atoms with Crippen molar-refractivity contribution in [1.29, 1.82) is 0 Å². The predicted octanol–water partition coefficient (Wildman–Crippen LogP) is 1.12. The second kappa shape index (κ2) is 9.68. The molecule has 0 radical (unpaired) electrons. The molecule has 0 atom stereocenters. The van der Waals surface area contributed by atoms with Gasteiger partial charge in [-0.1, -0.05) is 13.0 Å². The molecule has 0 rings (SSSR count). The number of carbonyl (C=O) groups excluding carboxylic acids is 1. The van der Waals surface area contributed by atoms with Gasteiger partial charge in [0.1, 0.15) is 0 Å². The number of hydrogen-bond donors (Lipinski definition) is 1. The molecular formula is C11H21NO3. The van der Waals surface area contributed by atoms with Crippen LogP contribution in [0.15, 0.2) is 11.6 Å². The van der Waals surface area contributed by atoms with Gasteiger partial charge in [0.15, 0.2) is 0 Å². The number of esters is 1. The molecule has 0 aliphatic heterocycles. The van der Waals surface area contributed by atoms with Crippen LogP contribution in [0.25, 0.3) is 0 Å². The Hall–Kier alpha value is -0.870. The van der Waals surface area contributed by atoms with Gasteiger partial charge in [0.25, 0.3) is 0 Å². The first kappa shape index (κ1) is 14.1. The van der Waals surface area contributed by atoms with Gasteiger partial charge in [0.2, 0.25) is 0 Å². The number of methoxy groups -OCH3 is 2. The van der Waals surface area contributed by atoms with Crippen molar-refractivity contribution in [3.63, 3.8) is 0 Å². The van der Waals surface area contributed by atoms with Crippen molar-refractivity contribution >= 4 is 5.97 Å². The monoisotopic (exact) mass is 215 g/mol. The van der Waals surface area contributed by atoms with Crippen LogP contribution in [0, 0.1) is 0 Å². The van der Waals surface area contributed by atoms with Crippen molar-refractivity contribution in [2.45, 2.75) is 19.8 Å². The van der Waals surface area contributed by atoms with Gasteiger partial charge in [-0.2, -0.15) is 0 Å². The molecular weight excluding hydrogens is 194 g/mol. The normalized spacial score (nSPS) is 11.5. The quantitative estimate of drug-likeness (QED) is 0.374. The Labute approximate surface area is 91.6 Å². The van der Waals surface area contributed by atoms with E-state index in [4.69, 9.17) is 4.74 Å². The minimum Gasteiger partial charge on any atom is -0.466 e. The van der Waals surface area contributed by atoms with Gasteiger partial charge in [-0.25, -0.2) is 4.79 Å². The number of rotatable bonds is 8. The summed E-state index contributed by atoms with van der Waals surface area (Å²) < 4.78 is 9.56. The zero-order valence-corrected chi connectivity index (χ0v) is 9.84. The van der Waals surface area contributed by atoms with Crippen LogP contribution in [0.5, 0.6) is 0 Å². The summed E-state index contributed by atoms with van der Waals surface area (Å²) in [5.74, 6) is -0.240. The molecule has 0 aromatic rings. The maximum Gasteiger partial charge on any atom is 0.333 e. The Bertz CT molecular complexity index is 202. The summed E-state index contributed by atoms with van der Waals surface area (Å²) in [5.41, 5.74) is 0.719. The van der Waals surface area contributed by atoms with Gasteiger partial charge in [-0.15, -0.1) is 0 Å². The molecule has 0 unspecified atom stereocenters. The van der Waals surface area contributed by atoms with Gasteiger partial charge >= 0.3 is 5.97 Å². The molecule has 0 fully saturated rings. The fourth-order valence-corrected chi connectivity index (χ4v) is 1.14. The average Bonchev–Trinajstić information content (AvgIpc) is 2.27. The standard InChI is InChI=1S/C11H21NO3/c1-4-10(11(13)15-3)6-8-12-7-5-9-14-2/h6,12H,4-5,7-9H2,1-3H3. The number of ether oxygens (including phenoxy) is 2. The highest BCUT2D eigenvalue weighted by Crippen LogP contribution is 2.01. The van der Waals surface area contributed by atoms with Gasteiger partial charge < -0.3 is 14.8 Å². The van der Waals surface area contributed by atoms with E-state index in [9.17, 15) is 4.79 Å². The molecule has 0 saturated heterocycles. The van der Waals surface area contributed by atoms with Crippen molar-refractivity contribution in [2.75, 3.05) is 33.9 Å². The van der Waals surface area contributed by atoms with Crippen molar-refractivity contribution in [2.24, 2.45) is 0 Å². The molecule has 0 bridgehead atoms. The van der Waals surface area contributed by atoms with E-state index in [1.54, 1.807) is 7.11 Å². The van der Waals surface area contributed by atoms with E-state index in [1.165, 1.54) is 7.11 Å². The van der Waals surface area contributed by atoms with Crippen molar-refractivity contribution < 1.29 is 14.3 Å². The van der Waals surface area contributed by atoms with Gasteiger partial charge in [-0.05, 0) is 19.4 Å². The minimum absolute atomic E-state index is 0.240. The van der Waals surface area contributed by atoms with E-state index in [-0.39, 0.29) is 5.97 Å². The van der Waals surface area contributed by atoms with Gasteiger partial charge in [0.05, 0.1) is 7.11 Å². The first-order chi connectivity index (χ1) is 7.26. The third kappa shape index (κ3) is 7.11. The molecule has 4 nitrogen and oxygen atoms in total. The number of nitrogens with one attached hydrogen (secondary N) is 1. The summed E-state index contributed by atoms with van der Waals surface area (Å²) in [6.45, 7) is 4.28. The molecule has 0 aliphatic carbocycles. The Balaban J connectivity index is 3.67. The lowest BCUT2D eigenvalue weighted by atomic mass is 10.2. The Morgan fingerprint density at radius 2 is 2.13 bits per heavy atom. The SMILES string of the molecule is CCC(=CCNCCCOC)C(=O)OC. The van der Waals surface area contributed by atoms with Crippen LogP contribution < -0.4 is 5.32 Å². The lowest BCUT2D eigenvalue weighted by molar-refractivity contribution is -0.136. The molecule has 88 valence electrons. The summed E-state index contributed by atoms with van der Waals surface area (Å²) in [7, 11) is 3.09. The number of hydrogen-bond acceptors (Lipinski definition) is 4. The average molecular weight is 215 g/mol. The molecule has 0 amide bonds. The van der Waals surface area contributed by atoms with E-state index in [2.05, 4.69) is 10.1 Å².